The molecule has 0 bridgehead atoms. The molecule has 0 spiro atoms. The Labute approximate surface area is 194 Å². The fourth-order valence-corrected chi connectivity index (χ4v) is 5.00. The Morgan fingerprint density at radius 2 is 1.97 bits per heavy atom. The molecule has 0 radical (unpaired) electrons. The average Bonchev–Trinajstić information content (AvgIpc) is 3.30. The van der Waals surface area contributed by atoms with Gasteiger partial charge in [-0.3, -0.25) is 0 Å². The van der Waals surface area contributed by atoms with Crippen molar-refractivity contribution in [1.29, 1.82) is 5.26 Å². The van der Waals surface area contributed by atoms with Gasteiger partial charge in [0, 0.05) is 50.6 Å². The quantitative estimate of drug-likeness (QED) is 0.588. The summed E-state index contributed by atoms with van der Waals surface area (Å²) in [5.74, 6) is 3.24. The van der Waals surface area contributed by atoms with E-state index in [0.717, 1.165) is 73.5 Å². The number of aryl methyl sites for hydroxylation is 1. The molecule has 5 rings (SSSR count). The van der Waals surface area contributed by atoms with Crippen LogP contribution in [0.1, 0.15) is 55.5 Å². The van der Waals surface area contributed by atoms with Gasteiger partial charge in [-0.2, -0.15) is 5.26 Å². The van der Waals surface area contributed by atoms with Gasteiger partial charge < -0.3 is 14.3 Å². The van der Waals surface area contributed by atoms with Crippen LogP contribution in [0, 0.1) is 24.2 Å². The first-order valence-corrected chi connectivity index (χ1v) is 11.8. The van der Waals surface area contributed by atoms with Gasteiger partial charge >= 0.3 is 0 Å². The molecule has 1 atom stereocenters. The van der Waals surface area contributed by atoms with E-state index in [4.69, 9.17) is 14.5 Å². The summed E-state index contributed by atoms with van der Waals surface area (Å²) < 4.78 is 5.60. The standard InChI is InChI=1S/C25H29N7O/c1-17-5-4-10-32(16-17)25-28-15-21(22-13-18(2)30-33-22)23(29-25)19-7-11-31(12-8-19)24-20(14-26)6-3-9-27-24/h3,6,9,13,15,17,19H,4-5,7-8,10-12,16H2,1-2H3/t17-/m1/s1. The van der Waals surface area contributed by atoms with Crippen molar-refractivity contribution >= 4 is 11.8 Å². The number of nitriles is 1. The maximum absolute atomic E-state index is 9.46. The number of rotatable bonds is 4. The van der Waals surface area contributed by atoms with Gasteiger partial charge in [-0.15, -0.1) is 0 Å². The highest BCUT2D eigenvalue weighted by Gasteiger charge is 2.29. The van der Waals surface area contributed by atoms with Crippen molar-refractivity contribution in [2.75, 3.05) is 36.0 Å². The Morgan fingerprint density at radius 3 is 2.70 bits per heavy atom. The Kier molecular flexibility index (Phi) is 5.95. The molecule has 8 heteroatoms. The van der Waals surface area contributed by atoms with Crippen molar-refractivity contribution in [1.82, 2.24) is 20.1 Å². The summed E-state index contributed by atoms with van der Waals surface area (Å²) in [4.78, 5) is 18.8. The number of piperidine rings is 2. The molecule has 0 aliphatic carbocycles. The molecule has 2 aliphatic heterocycles. The van der Waals surface area contributed by atoms with Gasteiger partial charge in [-0.1, -0.05) is 12.1 Å². The zero-order valence-corrected chi connectivity index (χ0v) is 19.2. The molecule has 3 aromatic heterocycles. The fourth-order valence-electron chi connectivity index (χ4n) is 5.00. The second-order valence-electron chi connectivity index (χ2n) is 9.24. The zero-order valence-electron chi connectivity index (χ0n) is 19.2. The molecule has 0 aromatic carbocycles. The van der Waals surface area contributed by atoms with Crippen LogP contribution in [0.3, 0.4) is 0 Å². The second kappa shape index (κ2) is 9.18. The average molecular weight is 444 g/mol. The molecule has 2 fully saturated rings. The minimum atomic E-state index is 0.278. The molecule has 8 nitrogen and oxygen atoms in total. The van der Waals surface area contributed by atoms with Crippen LogP contribution in [0.5, 0.6) is 0 Å². The van der Waals surface area contributed by atoms with Crippen LogP contribution in [0.25, 0.3) is 11.3 Å². The molecule has 170 valence electrons. The van der Waals surface area contributed by atoms with Gasteiger partial charge in [0.1, 0.15) is 11.9 Å². The number of aromatic nitrogens is 4. The lowest BCUT2D eigenvalue weighted by molar-refractivity contribution is 0.424. The number of anilines is 2. The molecule has 2 aliphatic rings. The molecule has 0 unspecified atom stereocenters. The predicted molar refractivity (Wildman–Crippen MR) is 126 cm³/mol. The number of hydrogen-bond donors (Lipinski definition) is 0. The predicted octanol–water partition coefficient (Wildman–Crippen LogP) is 4.33. The normalized spacial score (nSPS) is 19.5. The summed E-state index contributed by atoms with van der Waals surface area (Å²) in [5, 5.41) is 13.5. The largest absolute Gasteiger partial charge is 0.356 e. The molecule has 2 saturated heterocycles. The van der Waals surface area contributed by atoms with Gasteiger partial charge in [0.05, 0.1) is 22.5 Å². The lowest BCUT2D eigenvalue weighted by atomic mass is 9.90. The molecule has 5 heterocycles. The van der Waals surface area contributed by atoms with E-state index < -0.39 is 0 Å². The first-order valence-electron chi connectivity index (χ1n) is 11.8. The van der Waals surface area contributed by atoms with Crippen molar-refractivity contribution in [2.45, 2.75) is 45.4 Å². The highest BCUT2D eigenvalue weighted by molar-refractivity contribution is 5.62. The lowest BCUT2D eigenvalue weighted by Crippen LogP contribution is -2.36. The van der Waals surface area contributed by atoms with Crippen LogP contribution in [0.4, 0.5) is 11.8 Å². The van der Waals surface area contributed by atoms with Crippen molar-refractivity contribution in [3.05, 3.63) is 47.5 Å². The Morgan fingerprint density at radius 1 is 1.12 bits per heavy atom. The van der Waals surface area contributed by atoms with E-state index in [9.17, 15) is 5.26 Å². The van der Waals surface area contributed by atoms with Crippen molar-refractivity contribution < 1.29 is 4.52 Å². The van der Waals surface area contributed by atoms with Crippen molar-refractivity contribution in [2.24, 2.45) is 5.92 Å². The van der Waals surface area contributed by atoms with Crippen LogP contribution in [-0.2, 0) is 0 Å². The summed E-state index contributed by atoms with van der Waals surface area (Å²) >= 11 is 0. The van der Waals surface area contributed by atoms with Gasteiger partial charge in [0.25, 0.3) is 0 Å². The zero-order chi connectivity index (χ0) is 22.8. The smallest absolute Gasteiger partial charge is 0.225 e. The van der Waals surface area contributed by atoms with Crippen molar-refractivity contribution in [3.63, 3.8) is 0 Å². The third kappa shape index (κ3) is 4.40. The molecule has 0 N–H and O–H groups in total. The van der Waals surface area contributed by atoms with Crippen LogP contribution in [0.15, 0.2) is 35.1 Å². The lowest BCUT2D eigenvalue weighted by Gasteiger charge is -2.34. The van der Waals surface area contributed by atoms with Gasteiger partial charge in [-0.25, -0.2) is 15.0 Å². The highest BCUT2D eigenvalue weighted by atomic mass is 16.5. The maximum atomic E-state index is 9.46. The third-order valence-electron chi connectivity index (χ3n) is 6.73. The molecule has 33 heavy (non-hydrogen) atoms. The van der Waals surface area contributed by atoms with Crippen LogP contribution in [0.2, 0.25) is 0 Å². The molecular weight excluding hydrogens is 414 g/mol. The van der Waals surface area contributed by atoms with E-state index in [1.807, 2.05) is 31.3 Å². The molecule has 3 aromatic rings. The minimum Gasteiger partial charge on any atom is -0.356 e. The van der Waals surface area contributed by atoms with E-state index in [1.54, 1.807) is 6.20 Å². The molecule has 0 amide bonds. The van der Waals surface area contributed by atoms with Crippen molar-refractivity contribution in [3.8, 4) is 17.4 Å². The van der Waals surface area contributed by atoms with Crippen LogP contribution >= 0.6 is 0 Å². The topological polar surface area (TPSA) is 95.0 Å². The Balaban J connectivity index is 1.43. The van der Waals surface area contributed by atoms with Gasteiger partial charge in [0.15, 0.2) is 5.76 Å². The van der Waals surface area contributed by atoms with E-state index in [0.29, 0.717) is 11.5 Å². The van der Waals surface area contributed by atoms with Crippen LogP contribution in [-0.4, -0.2) is 46.3 Å². The third-order valence-corrected chi connectivity index (χ3v) is 6.73. The first-order chi connectivity index (χ1) is 16.1. The van der Waals surface area contributed by atoms with E-state index in [2.05, 4.69) is 32.9 Å². The van der Waals surface area contributed by atoms with Gasteiger partial charge in [0.2, 0.25) is 5.95 Å². The fraction of sp³-hybridized carbons (Fsp3) is 0.480. The second-order valence-corrected chi connectivity index (χ2v) is 9.24. The summed E-state index contributed by atoms with van der Waals surface area (Å²) in [5.41, 5.74) is 3.44. The molecular formula is C25H29N7O. The summed E-state index contributed by atoms with van der Waals surface area (Å²) in [6.45, 7) is 7.86. The monoisotopic (exact) mass is 443 g/mol. The molecule has 0 saturated carbocycles. The van der Waals surface area contributed by atoms with Gasteiger partial charge in [-0.05, 0) is 50.7 Å². The summed E-state index contributed by atoms with van der Waals surface area (Å²) in [6.07, 6.45) is 7.95. The maximum Gasteiger partial charge on any atom is 0.225 e. The van der Waals surface area contributed by atoms with E-state index in [1.165, 1.54) is 12.8 Å². The number of pyridine rings is 1. The van der Waals surface area contributed by atoms with Crippen LogP contribution < -0.4 is 9.80 Å². The Hall–Kier alpha value is -3.47. The minimum absolute atomic E-state index is 0.278. The number of nitrogens with zero attached hydrogens (tertiary/aromatic N) is 7. The summed E-state index contributed by atoms with van der Waals surface area (Å²) in [7, 11) is 0. The Bertz CT molecular complexity index is 1160. The SMILES string of the molecule is Cc1cc(-c2cnc(N3CCC[C@@H](C)C3)nc2C2CCN(c3ncccc3C#N)CC2)on1. The highest BCUT2D eigenvalue weighted by Crippen LogP contribution is 2.36. The van der Waals surface area contributed by atoms with E-state index in [-0.39, 0.29) is 5.92 Å². The first kappa shape index (κ1) is 21.4. The van der Waals surface area contributed by atoms with E-state index >= 15 is 0 Å². The number of hydrogen-bond acceptors (Lipinski definition) is 8. The summed E-state index contributed by atoms with van der Waals surface area (Å²) in [6, 6.07) is 7.86.